The highest BCUT2D eigenvalue weighted by atomic mass is 16.6. The molecule has 0 atom stereocenters. The number of anilines is 1. The maximum Gasteiger partial charge on any atom is 0.271 e. The second-order valence-electron chi connectivity index (χ2n) is 6.50. The minimum Gasteiger partial charge on any atom is -0.369 e. The predicted octanol–water partition coefficient (Wildman–Crippen LogP) is 2.64. The lowest BCUT2D eigenvalue weighted by Gasteiger charge is -2.37. The molecule has 0 aliphatic carbocycles. The Hall–Kier alpha value is -1.62. The normalized spacial score (nSPS) is 17.3. The van der Waals surface area contributed by atoms with Gasteiger partial charge in [-0.3, -0.25) is 10.1 Å². The summed E-state index contributed by atoms with van der Waals surface area (Å²) in [5, 5.41) is 11.0. The lowest BCUT2D eigenvalue weighted by atomic mass is 9.85. The van der Waals surface area contributed by atoms with Crippen molar-refractivity contribution in [1.82, 2.24) is 4.90 Å². The van der Waals surface area contributed by atoms with Gasteiger partial charge in [0.05, 0.1) is 4.92 Å². The number of hydrogen-bond acceptors (Lipinski definition) is 4. The molecule has 1 saturated heterocycles. The van der Waals surface area contributed by atoms with Gasteiger partial charge in [0.2, 0.25) is 0 Å². The van der Waals surface area contributed by atoms with Gasteiger partial charge >= 0.3 is 0 Å². The fourth-order valence-corrected chi connectivity index (χ4v) is 2.58. The molecule has 5 nitrogen and oxygen atoms in total. The standard InChI is InChI=1S/C15H23N3O2/c1-15(2,3)13-6-5-12(18(19)20)11-14(13)17-9-7-16(4)8-10-17/h5-6,11H,7-10H2,1-4H3. The molecule has 0 radical (unpaired) electrons. The maximum absolute atomic E-state index is 11.0. The van der Waals surface area contributed by atoms with Crippen LogP contribution >= 0.6 is 0 Å². The Labute approximate surface area is 120 Å². The molecule has 1 aromatic carbocycles. The van der Waals surface area contributed by atoms with Gasteiger partial charge in [-0.2, -0.15) is 0 Å². The third-order valence-corrected chi connectivity index (χ3v) is 3.84. The van der Waals surface area contributed by atoms with Crippen molar-refractivity contribution >= 4 is 11.4 Å². The van der Waals surface area contributed by atoms with Crippen molar-refractivity contribution in [3.8, 4) is 0 Å². The lowest BCUT2D eigenvalue weighted by molar-refractivity contribution is -0.384. The first-order chi connectivity index (χ1) is 9.29. The summed E-state index contributed by atoms with van der Waals surface area (Å²) in [5.74, 6) is 0. The van der Waals surface area contributed by atoms with Crippen molar-refractivity contribution in [2.75, 3.05) is 38.1 Å². The van der Waals surface area contributed by atoms with Crippen LogP contribution < -0.4 is 4.90 Å². The zero-order valence-electron chi connectivity index (χ0n) is 12.7. The molecule has 1 heterocycles. The Morgan fingerprint density at radius 2 is 1.75 bits per heavy atom. The fraction of sp³-hybridized carbons (Fsp3) is 0.600. The van der Waals surface area contributed by atoms with E-state index in [-0.39, 0.29) is 16.0 Å². The Balaban J connectivity index is 2.41. The van der Waals surface area contributed by atoms with Gasteiger partial charge in [0, 0.05) is 44.0 Å². The summed E-state index contributed by atoms with van der Waals surface area (Å²) in [5.41, 5.74) is 2.34. The fourth-order valence-electron chi connectivity index (χ4n) is 2.58. The Morgan fingerprint density at radius 1 is 1.15 bits per heavy atom. The predicted molar refractivity (Wildman–Crippen MR) is 81.5 cm³/mol. The molecule has 0 aromatic heterocycles. The summed E-state index contributed by atoms with van der Waals surface area (Å²) < 4.78 is 0. The number of rotatable bonds is 2. The largest absolute Gasteiger partial charge is 0.369 e. The van der Waals surface area contributed by atoms with E-state index in [2.05, 4.69) is 37.6 Å². The molecule has 1 aliphatic rings. The summed E-state index contributed by atoms with van der Waals surface area (Å²) >= 11 is 0. The number of nitrogens with zero attached hydrogens (tertiary/aromatic N) is 3. The van der Waals surface area contributed by atoms with Crippen LogP contribution in [0.5, 0.6) is 0 Å². The number of nitro benzene ring substituents is 1. The van der Waals surface area contributed by atoms with Crippen molar-refractivity contribution in [3.05, 3.63) is 33.9 Å². The molecule has 0 amide bonds. The van der Waals surface area contributed by atoms with Gasteiger partial charge in [-0.25, -0.2) is 0 Å². The molecule has 110 valence electrons. The van der Waals surface area contributed by atoms with Crippen molar-refractivity contribution in [1.29, 1.82) is 0 Å². The van der Waals surface area contributed by atoms with Crippen molar-refractivity contribution < 1.29 is 4.92 Å². The topological polar surface area (TPSA) is 49.6 Å². The first-order valence-electron chi connectivity index (χ1n) is 7.01. The Kier molecular flexibility index (Phi) is 3.99. The van der Waals surface area contributed by atoms with Crippen LogP contribution in [0.1, 0.15) is 26.3 Å². The second kappa shape index (κ2) is 5.40. The third kappa shape index (κ3) is 3.10. The zero-order chi connectivity index (χ0) is 14.9. The van der Waals surface area contributed by atoms with Gasteiger partial charge < -0.3 is 9.80 Å². The molecule has 2 rings (SSSR count). The zero-order valence-corrected chi connectivity index (χ0v) is 12.7. The van der Waals surface area contributed by atoms with Gasteiger partial charge in [-0.1, -0.05) is 20.8 Å². The van der Waals surface area contributed by atoms with E-state index in [0.717, 1.165) is 31.9 Å². The summed E-state index contributed by atoms with van der Waals surface area (Å²) in [6.07, 6.45) is 0. The second-order valence-corrected chi connectivity index (χ2v) is 6.50. The van der Waals surface area contributed by atoms with Crippen LogP contribution in [-0.4, -0.2) is 43.0 Å². The summed E-state index contributed by atoms with van der Waals surface area (Å²) in [7, 11) is 2.11. The van der Waals surface area contributed by atoms with E-state index in [1.165, 1.54) is 5.56 Å². The van der Waals surface area contributed by atoms with Gasteiger partial charge in [-0.15, -0.1) is 0 Å². The van der Waals surface area contributed by atoms with E-state index < -0.39 is 0 Å². The van der Waals surface area contributed by atoms with Crippen LogP contribution in [0, 0.1) is 10.1 Å². The van der Waals surface area contributed by atoms with Gasteiger partial charge in [0.25, 0.3) is 5.69 Å². The van der Waals surface area contributed by atoms with E-state index >= 15 is 0 Å². The molecule has 0 spiro atoms. The molecule has 1 fully saturated rings. The average molecular weight is 277 g/mol. The number of nitro groups is 1. The average Bonchev–Trinajstić information content (AvgIpc) is 2.37. The maximum atomic E-state index is 11.0. The number of non-ortho nitro benzene ring substituents is 1. The number of likely N-dealkylation sites (N-methyl/N-ethyl adjacent to an activating group) is 1. The van der Waals surface area contributed by atoms with Crippen LogP contribution in [0.4, 0.5) is 11.4 Å². The van der Waals surface area contributed by atoms with Gasteiger partial charge in [0.1, 0.15) is 0 Å². The molecule has 5 heteroatoms. The molecule has 1 aliphatic heterocycles. The number of benzene rings is 1. The highest BCUT2D eigenvalue weighted by Gasteiger charge is 2.25. The van der Waals surface area contributed by atoms with Crippen molar-refractivity contribution in [2.45, 2.75) is 26.2 Å². The van der Waals surface area contributed by atoms with E-state index in [4.69, 9.17) is 0 Å². The molecule has 0 saturated carbocycles. The highest BCUT2D eigenvalue weighted by molar-refractivity contribution is 5.61. The quantitative estimate of drug-likeness (QED) is 0.616. The Bertz CT molecular complexity index is 500. The first-order valence-corrected chi connectivity index (χ1v) is 7.01. The van der Waals surface area contributed by atoms with Crippen LogP contribution in [0.3, 0.4) is 0 Å². The SMILES string of the molecule is CN1CCN(c2cc([N+](=O)[O-])ccc2C(C)(C)C)CC1. The molecule has 0 unspecified atom stereocenters. The van der Waals surface area contributed by atoms with E-state index in [9.17, 15) is 10.1 Å². The molecule has 0 N–H and O–H groups in total. The highest BCUT2D eigenvalue weighted by Crippen LogP contribution is 2.35. The van der Waals surface area contributed by atoms with Gasteiger partial charge in [0.15, 0.2) is 0 Å². The summed E-state index contributed by atoms with van der Waals surface area (Å²) in [6, 6.07) is 5.25. The monoisotopic (exact) mass is 277 g/mol. The first kappa shape index (κ1) is 14.8. The molecule has 1 aromatic rings. The molecule has 20 heavy (non-hydrogen) atoms. The number of piperazine rings is 1. The van der Waals surface area contributed by atoms with Crippen LogP contribution in [0.2, 0.25) is 0 Å². The van der Waals surface area contributed by atoms with Crippen LogP contribution in [0.25, 0.3) is 0 Å². The van der Waals surface area contributed by atoms with Crippen molar-refractivity contribution in [3.63, 3.8) is 0 Å². The Morgan fingerprint density at radius 3 is 2.25 bits per heavy atom. The molecular formula is C15H23N3O2. The number of hydrogen-bond donors (Lipinski definition) is 0. The molecular weight excluding hydrogens is 254 g/mol. The smallest absolute Gasteiger partial charge is 0.271 e. The van der Waals surface area contributed by atoms with E-state index in [1.807, 2.05) is 6.07 Å². The minimum absolute atomic E-state index is 0.0200. The summed E-state index contributed by atoms with van der Waals surface area (Å²) in [6.45, 7) is 10.3. The lowest BCUT2D eigenvalue weighted by Crippen LogP contribution is -2.45. The van der Waals surface area contributed by atoms with Crippen LogP contribution in [-0.2, 0) is 5.41 Å². The van der Waals surface area contributed by atoms with Gasteiger partial charge in [-0.05, 0) is 24.1 Å². The van der Waals surface area contributed by atoms with Crippen molar-refractivity contribution in [2.24, 2.45) is 0 Å². The minimum atomic E-state index is -0.313. The van der Waals surface area contributed by atoms with E-state index in [0.29, 0.717) is 0 Å². The molecule has 0 bridgehead atoms. The summed E-state index contributed by atoms with van der Waals surface area (Å²) in [4.78, 5) is 15.3. The van der Waals surface area contributed by atoms with Crippen LogP contribution in [0.15, 0.2) is 18.2 Å². The third-order valence-electron chi connectivity index (χ3n) is 3.84. The van der Waals surface area contributed by atoms with E-state index in [1.54, 1.807) is 12.1 Å².